The van der Waals surface area contributed by atoms with Crippen molar-refractivity contribution in [3.8, 4) is 5.75 Å². The molecule has 2 rings (SSSR count). The second-order valence-electron chi connectivity index (χ2n) is 4.70. The summed E-state index contributed by atoms with van der Waals surface area (Å²) in [5, 5.41) is 4.29. The number of benzene rings is 1. The van der Waals surface area contributed by atoms with E-state index in [-0.39, 0.29) is 0 Å². The molecule has 5 heteroatoms. The van der Waals surface area contributed by atoms with Gasteiger partial charge in [0.15, 0.2) is 0 Å². The summed E-state index contributed by atoms with van der Waals surface area (Å²) in [5.74, 6) is 1.31. The molecular weight excluding hydrogens is 252 g/mol. The zero-order chi connectivity index (χ0) is 14.5. The summed E-state index contributed by atoms with van der Waals surface area (Å²) >= 11 is 0. The molecule has 0 unspecified atom stereocenters. The third kappa shape index (κ3) is 3.38. The van der Waals surface area contributed by atoms with Crippen LogP contribution in [0.25, 0.3) is 0 Å². The van der Waals surface area contributed by atoms with Crippen LogP contribution in [0.4, 0.5) is 5.95 Å². The van der Waals surface area contributed by atoms with Crippen LogP contribution in [0.1, 0.15) is 30.2 Å². The maximum Gasteiger partial charge on any atom is 0.221 e. The highest BCUT2D eigenvalue weighted by molar-refractivity contribution is 5.80. The van der Waals surface area contributed by atoms with E-state index >= 15 is 0 Å². The molecule has 0 aliphatic rings. The number of aromatic nitrogens is 2. The molecule has 1 aromatic heterocycles. The van der Waals surface area contributed by atoms with Gasteiger partial charge in [-0.2, -0.15) is 5.10 Å². The summed E-state index contributed by atoms with van der Waals surface area (Å²) in [6.07, 6.45) is 4.55. The first-order valence-corrected chi connectivity index (χ1v) is 6.69. The Balaban J connectivity index is 2.14. The van der Waals surface area contributed by atoms with Crippen molar-refractivity contribution in [3.05, 3.63) is 41.2 Å². The minimum absolute atomic E-state index is 0.387. The average molecular weight is 272 g/mol. The molecule has 0 bridgehead atoms. The van der Waals surface area contributed by atoms with Crippen LogP contribution in [0.3, 0.4) is 0 Å². The highest BCUT2D eigenvalue weighted by Crippen LogP contribution is 2.18. The fraction of sp³-hybridized carbons (Fsp3) is 0.333. The smallest absolute Gasteiger partial charge is 0.221 e. The predicted molar refractivity (Wildman–Crippen MR) is 81.3 cm³/mol. The van der Waals surface area contributed by atoms with Gasteiger partial charge < -0.3 is 10.5 Å². The Morgan fingerprint density at radius 1 is 1.40 bits per heavy atom. The van der Waals surface area contributed by atoms with Crippen molar-refractivity contribution < 1.29 is 4.74 Å². The molecule has 0 atom stereocenters. The summed E-state index contributed by atoms with van der Waals surface area (Å²) in [4.78, 5) is 4.10. The Bertz CT molecular complexity index is 616. The van der Waals surface area contributed by atoms with Gasteiger partial charge in [0.25, 0.3) is 0 Å². The number of hydrogen-bond donors (Lipinski definition) is 1. The van der Waals surface area contributed by atoms with Crippen molar-refractivity contribution in [2.24, 2.45) is 5.10 Å². The molecule has 0 spiro atoms. The summed E-state index contributed by atoms with van der Waals surface area (Å²) < 4.78 is 7.21. The quantitative estimate of drug-likeness (QED) is 0.851. The third-order valence-corrected chi connectivity index (χ3v) is 2.83. The van der Waals surface area contributed by atoms with Crippen molar-refractivity contribution in [2.45, 2.75) is 27.2 Å². The van der Waals surface area contributed by atoms with E-state index in [1.54, 1.807) is 17.1 Å². The van der Waals surface area contributed by atoms with E-state index < -0.39 is 0 Å². The number of nitrogens with zero attached hydrogens (tertiary/aromatic N) is 3. The van der Waals surface area contributed by atoms with Crippen LogP contribution in [0.2, 0.25) is 0 Å². The molecule has 0 saturated heterocycles. The van der Waals surface area contributed by atoms with Crippen molar-refractivity contribution in [2.75, 3.05) is 12.3 Å². The van der Waals surface area contributed by atoms with Gasteiger partial charge in [-0.3, -0.25) is 0 Å². The zero-order valence-corrected chi connectivity index (χ0v) is 12.1. The van der Waals surface area contributed by atoms with Gasteiger partial charge in [0.2, 0.25) is 5.95 Å². The van der Waals surface area contributed by atoms with E-state index in [1.165, 1.54) is 0 Å². The topological polar surface area (TPSA) is 65.4 Å². The van der Waals surface area contributed by atoms with Crippen LogP contribution in [0.15, 0.2) is 29.5 Å². The summed E-state index contributed by atoms with van der Waals surface area (Å²) in [6, 6.07) is 5.98. The molecule has 2 aromatic rings. The molecule has 0 radical (unpaired) electrons. The lowest BCUT2D eigenvalue weighted by atomic mass is 10.1. The highest BCUT2D eigenvalue weighted by atomic mass is 16.5. The molecule has 20 heavy (non-hydrogen) atoms. The summed E-state index contributed by atoms with van der Waals surface area (Å²) in [5.41, 5.74) is 8.67. The first-order valence-electron chi connectivity index (χ1n) is 6.69. The van der Waals surface area contributed by atoms with Crippen LogP contribution >= 0.6 is 0 Å². The van der Waals surface area contributed by atoms with Gasteiger partial charge >= 0.3 is 0 Å². The van der Waals surface area contributed by atoms with Gasteiger partial charge in [-0.05, 0) is 49.6 Å². The van der Waals surface area contributed by atoms with Gasteiger partial charge in [-0.15, -0.1) is 0 Å². The Morgan fingerprint density at radius 3 is 2.80 bits per heavy atom. The SMILES string of the molecule is CCCOc1ccc(C=Nn2cc(C)nc2N)cc1C. The molecule has 5 nitrogen and oxygen atoms in total. The number of anilines is 1. The van der Waals surface area contributed by atoms with Crippen LogP contribution in [-0.4, -0.2) is 22.5 Å². The van der Waals surface area contributed by atoms with Crippen molar-refractivity contribution >= 4 is 12.2 Å². The minimum Gasteiger partial charge on any atom is -0.493 e. The first kappa shape index (κ1) is 14.1. The molecule has 0 fully saturated rings. The van der Waals surface area contributed by atoms with Crippen LogP contribution in [0.5, 0.6) is 5.75 Å². The lowest BCUT2D eigenvalue weighted by Crippen LogP contribution is -1.99. The first-order chi connectivity index (χ1) is 9.60. The van der Waals surface area contributed by atoms with Crippen molar-refractivity contribution in [3.63, 3.8) is 0 Å². The molecule has 2 N–H and O–H groups in total. The van der Waals surface area contributed by atoms with E-state index in [4.69, 9.17) is 10.5 Å². The summed E-state index contributed by atoms with van der Waals surface area (Å²) in [7, 11) is 0. The van der Waals surface area contributed by atoms with E-state index in [2.05, 4.69) is 17.0 Å². The zero-order valence-electron chi connectivity index (χ0n) is 12.1. The van der Waals surface area contributed by atoms with Gasteiger partial charge in [0, 0.05) is 0 Å². The average Bonchev–Trinajstić information content (AvgIpc) is 2.73. The lowest BCUT2D eigenvalue weighted by molar-refractivity contribution is 0.315. The Hall–Kier alpha value is -2.30. The second-order valence-corrected chi connectivity index (χ2v) is 4.70. The second kappa shape index (κ2) is 6.23. The van der Waals surface area contributed by atoms with E-state index in [0.717, 1.165) is 35.6 Å². The lowest BCUT2D eigenvalue weighted by Gasteiger charge is -2.08. The van der Waals surface area contributed by atoms with Crippen molar-refractivity contribution in [1.82, 2.24) is 9.66 Å². The predicted octanol–water partition coefficient (Wildman–Crippen LogP) is 2.75. The van der Waals surface area contributed by atoms with E-state index in [9.17, 15) is 0 Å². The van der Waals surface area contributed by atoms with Crippen LogP contribution in [-0.2, 0) is 0 Å². The maximum atomic E-state index is 5.73. The molecule has 0 amide bonds. The normalized spacial score (nSPS) is 11.2. The molecule has 0 saturated carbocycles. The molecule has 0 aliphatic heterocycles. The standard InChI is InChI=1S/C15H20N4O/c1-4-7-20-14-6-5-13(8-11(14)2)9-17-19-10-12(3)18-15(19)16/h5-6,8-10H,4,7H2,1-3H3,(H2,16,18). The third-order valence-electron chi connectivity index (χ3n) is 2.83. The number of imidazole rings is 1. The number of rotatable bonds is 5. The summed E-state index contributed by atoms with van der Waals surface area (Å²) in [6.45, 7) is 6.73. The maximum absolute atomic E-state index is 5.73. The minimum atomic E-state index is 0.387. The monoisotopic (exact) mass is 272 g/mol. The Labute approximate surface area is 119 Å². The fourth-order valence-electron chi connectivity index (χ4n) is 1.85. The number of aryl methyl sites for hydroxylation is 2. The molecule has 1 aromatic carbocycles. The largest absolute Gasteiger partial charge is 0.493 e. The number of nitrogens with two attached hydrogens (primary N) is 1. The van der Waals surface area contributed by atoms with Gasteiger partial charge in [0.05, 0.1) is 24.7 Å². The van der Waals surface area contributed by atoms with Crippen molar-refractivity contribution in [1.29, 1.82) is 0 Å². The van der Waals surface area contributed by atoms with Gasteiger partial charge in [0.1, 0.15) is 5.75 Å². The molecule has 1 heterocycles. The molecule has 106 valence electrons. The number of hydrogen-bond acceptors (Lipinski definition) is 4. The Kier molecular flexibility index (Phi) is 4.40. The van der Waals surface area contributed by atoms with Crippen LogP contribution in [0, 0.1) is 13.8 Å². The van der Waals surface area contributed by atoms with E-state index in [0.29, 0.717) is 5.95 Å². The fourth-order valence-corrected chi connectivity index (χ4v) is 1.85. The molecular formula is C15H20N4O. The molecule has 0 aliphatic carbocycles. The van der Waals surface area contributed by atoms with Crippen LogP contribution < -0.4 is 10.5 Å². The van der Waals surface area contributed by atoms with Gasteiger partial charge in [-0.25, -0.2) is 9.66 Å². The van der Waals surface area contributed by atoms with Gasteiger partial charge in [-0.1, -0.05) is 6.92 Å². The van der Waals surface area contributed by atoms with E-state index in [1.807, 2.05) is 32.0 Å². The number of nitrogen functional groups attached to an aromatic ring is 1. The highest BCUT2D eigenvalue weighted by Gasteiger charge is 2.01. The Morgan fingerprint density at radius 2 is 2.20 bits per heavy atom. The number of ether oxygens (including phenoxy) is 1.